The third kappa shape index (κ3) is 4.80. The second kappa shape index (κ2) is 10.3. The summed E-state index contributed by atoms with van der Waals surface area (Å²) in [6.07, 6.45) is 5.27. The molecular weight excluding hydrogens is 547 g/mol. The number of piperazine rings is 1. The van der Waals surface area contributed by atoms with Gasteiger partial charge in [0.25, 0.3) is 0 Å². The van der Waals surface area contributed by atoms with Crippen LogP contribution in [0, 0.1) is 12.7 Å². The molecule has 4 heterocycles. The van der Waals surface area contributed by atoms with E-state index in [9.17, 15) is 9.90 Å². The quantitative estimate of drug-likeness (QED) is 0.299. The smallest absolute Gasteiger partial charge is 0.407 e. The van der Waals surface area contributed by atoms with Gasteiger partial charge in [0.2, 0.25) is 5.95 Å². The molecule has 4 aromatic rings. The van der Waals surface area contributed by atoms with E-state index >= 15 is 4.39 Å². The van der Waals surface area contributed by atoms with E-state index in [0.29, 0.717) is 48.9 Å². The van der Waals surface area contributed by atoms with Crippen LogP contribution in [-0.2, 0) is 0 Å². The van der Waals surface area contributed by atoms with Crippen molar-refractivity contribution in [3.63, 3.8) is 0 Å². The van der Waals surface area contributed by atoms with E-state index in [1.54, 1.807) is 12.3 Å². The molecule has 3 N–H and O–H groups in total. The molecule has 2 aromatic heterocycles. The number of nitrogens with zero attached hydrogens (tertiary/aromatic N) is 6. The summed E-state index contributed by atoms with van der Waals surface area (Å²) in [6, 6.07) is 6.51. The second-order valence-electron chi connectivity index (χ2n) is 11.3. The lowest BCUT2D eigenvalue weighted by Gasteiger charge is -2.35. The molecule has 0 atom stereocenters. The summed E-state index contributed by atoms with van der Waals surface area (Å²) in [5.74, 6) is 0.427. The molecule has 41 heavy (non-hydrogen) atoms. The normalized spacial score (nSPS) is 18.9. The van der Waals surface area contributed by atoms with Gasteiger partial charge in [0.1, 0.15) is 11.3 Å². The first-order chi connectivity index (χ1) is 19.9. The minimum atomic E-state index is -0.945. The maximum Gasteiger partial charge on any atom is 0.407 e. The Bertz CT molecular complexity index is 1640. The molecule has 0 bridgehead atoms. The lowest BCUT2D eigenvalue weighted by molar-refractivity contribution is 0.142. The number of likely N-dealkylation sites (tertiary alicyclic amines) is 1. The first kappa shape index (κ1) is 26.2. The Kier molecular flexibility index (Phi) is 6.58. The van der Waals surface area contributed by atoms with Crippen molar-refractivity contribution in [1.29, 1.82) is 0 Å². The Morgan fingerprint density at radius 2 is 1.80 bits per heavy atom. The standard InChI is InChI=1S/C29H32ClFN8O2/c1-16-2-5-22-20(15-32-36-22)23(16)24-21(30)14-19-26(25(24)31)34-28(33-17-6-8-37(9-7-17)18-3-4-18)35-27(19)38-10-12-39(13-11-38)29(40)41/h2,5,14-15,17-18H,3-4,6-13H2,1H3,(H,32,36)(H,40,41)(H,33,34,35). The SMILES string of the molecule is Cc1ccc2[nH]ncc2c1-c1c(Cl)cc2c(N3CCN(C(=O)O)CC3)nc(NC3CCN(C4CC4)CC3)nc2c1F. The number of hydrogen-bond acceptors (Lipinski definition) is 7. The molecule has 1 aliphatic carbocycles. The summed E-state index contributed by atoms with van der Waals surface area (Å²) in [5, 5.41) is 21.6. The fourth-order valence-corrected chi connectivity index (χ4v) is 6.60. The number of halogens is 2. The van der Waals surface area contributed by atoms with Crippen molar-refractivity contribution >= 4 is 51.3 Å². The Morgan fingerprint density at radius 3 is 2.51 bits per heavy atom. The summed E-state index contributed by atoms with van der Waals surface area (Å²) >= 11 is 6.85. The summed E-state index contributed by atoms with van der Waals surface area (Å²) in [4.78, 5) is 27.1. The van der Waals surface area contributed by atoms with Crippen molar-refractivity contribution in [2.24, 2.45) is 0 Å². The van der Waals surface area contributed by atoms with E-state index in [4.69, 9.17) is 21.6 Å². The number of aryl methyl sites for hydroxylation is 1. The molecule has 7 rings (SSSR count). The number of carbonyl (C=O) groups is 1. The number of rotatable bonds is 5. The lowest BCUT2D eigenvalue weighted by Crippen LogP contribution is -2.48. The van der Waals surface area contributed by atoms with Gasteiger partial charge in [-0.2, -0.15) is 10.1 Å². The first-order valence-electron chi connectivity index (χ1n) is 14.2. The van der Waals surface area contributed by atoms with E-state index < -0.39 is 11.9 Å². The van der Waals surface area contributed by atoms with E-state index in [-0.39, 0.29) is 22.1 Å². The van der Waals surface area contributed by atoms with Gasteiger partial charge in [-0.05, 0) is 50.3 Å². The highest BCUT2D eigenvalue weighted by Crippen LogP contribution is 2.42. The molecule has 0 radical (unpaired) electrons. The van der Waals surface area contributed by atoms with Crippen molar-refractivity contribution in [2.75, 3.05) is 49.5 Å². The van der Waals surface area contributed by atoms with Crippen LogP contribution in [0.25, 0.3) is 32.9 Å². The second-order valence-corrected chi connectivity index (χ2v) is 11.8. The number of nitrogens with one attached hydrogen (secondary N) is 2. The Hall–Kier alpha value is -3.70. The van der Waals surface area contributed by atoms with Gasteiger partial charge in [0.05, 0.1) is 16.7 Å². The van der Waals surface area contributed by atoms with Crippen molar-refractivity contribution in [1.82, 2.24) is 30.0 Å². The van der Waals surface area contributed by atoms with Gasteiger partial charge in [-0.25, -0.2) is 14.2 Å². The third-order valence-electron chi connectivity index (χ3n) is 8.72. The summed E-state index contributed by atoms with van der Waals surface area (Å²) < 4.78 is 16.7. The van der Waals surface area contributed by atoms with Gasteiger partial charge >= 0.3 is 6.09 Å². The van der Waals surface area contributed by atoms with Crippen molar-refractivity contribution < 1.29 is 14.3 Å². The summed E-state index contributed by atoms with van der Waals surface area (Å²) in [6.45, 7) is 5.52. The molecule has 3 fully saturated rings. The maximum atomic E-state index is 16.7. The number of H-pyrrole nitrogens is 1. The summed E-state index contributed by atoms with van der Waals surface area (Å²) in [5.41, 5.74) is 2.82. The molecule has 3 aliphatic rings. The minimum absolute atomic E-state index is 0.188. The van der Waals surface area contributed by atoms with Gasteiger partial charge in [-0.3, -0.25) is 5.10 Å². The van der Waals surface area contributed by atoms with Crippen molar-refractivity contribution in [2.45, 2.75) is 44.7 Å². The highest BCUT2D eigenvalue weighted by atomic mass is 35.5. The highest BCUT2D eigenvalue weighted by Gasteiger charge is 2.32. The van der Waals surface area contributed by atoms with E-state index in [2.05, 4.69) is 20.4 Å². The molecule has 1 amide bonds. The maximum absolute atomic E-state index is 16.7. The number of fused-ring (bicyclic) bond motifs is 2. The number of hydrogen-bond donors (Lipinski definition) is 3. The van der Waals surface area contributed by atoms with E-state index in [0.717, 1.165) is 48.4 Å². The van der Waals surface area contributed by atoms with Gasteiger partial charge < -0.3 is 25.1 Å². The van der Waals surface area contributed by atoms with Crippen LogP contribution in [-0.4, -0.2) is 92.5 Å². The van der Waals surface area contributed by atoms with Crippen LogP contribution in [0.5, 0.6) is 0 Å². The van der Waals surface area contributed by atoms with Crippen LogP contribution in [0.1, 0.15) is 31.2 Å². The highest BCUT2D eigenvalue weighted by molar-refractivity contribution is 6.35. The Morgan fingerprint density at radius 1 is 1.05 bits per heavy atom. The van der Waals surface area contributed by atoms with Gasteiger partial charge in [-0.1, -0.05) is 17.7 Å². The van der Waals surface area contributed by atoms with E-state index in [1.807, 2.05) is 24.0 Å². The predicted octanol–water partition coefficient (Wildman–Crippen LogP) is 5.11. The molecule has 12 heteroatoms. The molecule has 10 nitrogen and oxygen atoms in total. The topological polar surface area (TPSA) is 114 Å². The van der Waals surface area contributed by atoms with Crippen LogP contribution in [0.4, 0.5) is 21.0 Å². The number of aromatic nitrogens is 4. The van der Waals surface area contributed by atoms with E-state index in [1.165, 1.54) is 17.7 Å². The average molecular weight is 579 g/mol. The van der Waals surface area contributed by atoms with Crippen LogP contribution >= 0.6 is 11.6 Å². The number of aromatic amines is 1. The predicted molar refractivity (Wildman–Crippen MR) is 157 cm³/mol. The van der Waals surface area contributed by atoms with Crippen LogP contribution in [0.15, 0.2) is 24.4 Å². The largest absolute Gasteiger partial charge is 0.465 e. The molecule has 0 spiro atoms. The lowest BCUT2D eigenvalue weighted by atomic mass is 9.95. The number of benzene rings is 2. The zero-order valence-electron chi connectivity index (χ0n) is 22.8. The average Bonchev–Trinajstić information content (AvgIpc) is 3.71. The monoisotopic (exact) mass is 578 g/mol. The van der Waals surface area contributed by atoms with Crippen molar-refractivity contribution in [3.8, 4) is 11.1 Å². The minimum Gasteiger partial charge on any atom is -0.465 e. The van der Waals surface area contributed by atoms with Crippen LogP contribution < -0.4 is 10.2 Å². The molecule has 214 valence electrons. The van der Waals surface area contributed by atoms with Crippen LogP contribution in [0.3, 0.4) is 0 Å². The molecule has 0 unspecified atom stereocenters. The van der Waals surface area contributed by atoms with Crippen molar-refractivity contribution in [3.05, 3.63) is 40.8 Å². The molecular formula is C29H32ClFN8O2. The molecule has 2 aromatic carbocycles. The first-order valence-corrected chi connectivity index (χ1v) is 14.6. The number of carboxylic acid groups (broad SMARTS) is 1. The third-order valence-corrected chi connectivity index (χ3v) is 9.02. The van der Waals surface area contributed by atoms with Gasteiger partial charge in [-0.15, -0.1) is 0 Å². The molecule has 2 aliphatic heterocycles. The Balaban J connectivity index is 1.32. The zero-order chi connectivity index (χ0) is 28.2. The van der Waals surface area contributed by atoms with Crippen LogP contribution in [0.2, 0.25) is 5.02 Å². The van der Waals surface area contributed by atoms with Gasteiger partial charge in [0, 0.05) is 73.3 Å². The number of amides is 1. The van der Waals surface area contributed by atoms with Gasteiger partial charge in [0.15, 0.2) is 5.82 Å². The Labute approximate surface area is 241 Å². The number of anilines is 2. The fraction of sp³-hybridized carbons (Fsp3) is 0.448. The zero-order valence-corrected chi connectivity index (χ0v) is 23.6. The molecule has 2 saturated heterocycles. The fourth-order valence-electron chi connectivity index (χ4n) is 6.31. The number of piperidine rings is 1. The molecule has 1 saturated carbocycles. The summed E-state index contributed by atoms with van der Waals surface area (Å²) in [7, 11) is 0.